The average Bonchev–Trinajstić information content (AvgIpc) is 2.20. The SMILES string of the molecule is CCCCCOP(=S)(S)SCCCCC. The summed E-state index contributed by atoms with van der Waals surface area (Å²) in [6, 6.07) is 0. The number of thiol groups is 1. The van der Waals surface area contributed by atoms with Crippen molar-refractivity contribution in [2.75, 3.05) is 12.4 Å². The van der Waals surface area contributed by atoms with Gasteiger partial charge in [0.1, 0.15) is 0 Å². The maximum atomic E-state index is 5.66. The molecular weight excluding hydrogens is 263 g/mol. The van der Waals surface area contributed by atoms with Crippen LogP contribution in [0.1, 0.15) is 52.4 Å². The van der Waals surface area contributed by atoms with E-state index in [0.717, 1.165) is 18.8 Å². The van der Waals surface area contributed by atoms with Gasteiger partial charge in [0.15, 0.2) is 4.67 Å². The van der Waals surface area contributed by atoms with E-state index in [1.165, 1.54) is 32.1 Å². The normalized spacial score (nSPS) is 15.1. The van der Waals surface area contributed by atoms with E-state index in [4.69, 9.17) is 16.3 Å². The Morgan fingerprint density at radius 3 is 2.33 bits per heavy atom. The highest BCUT2D eigenvalue weighted by Gasteiger charge is 2.11. The average molecular weight is 286 g/mol. The second-order valence-corrected chi connectivity index (χ2v) is 13.3. The fraction of sp³-hybridized carbons (Fsp3) is 1.00. The molecule has 0 N–H and O–H groups in total. The first-order chi connectivity index (χ1) is 7.12. The van der Waals surface area contributed by atoms with Crippen LogP contribution in [0.4, 0.5) is 0 Å². The van der Waals surface area contributed by atoms with Crippen LogP contribution in [0.15, 0.2) is 0 Å². The summed E-state index contributed by atoms with van der Waals surface area (Å²) < 4.78 is 3.84. The van der Waals surface area contributed by atoms with Gasteiger partial charge in [-0.25, -0.2) is 0 Å². The quantitative estimate of drug-likeness (QED) is 0.333. The van der Waals surface area contributed by atoms with Gasteiger partial charge in [-0.05, 0) is 24.6 Å². The van der Waals surface area contributed by atoms with Gasteiger partial charge in [-0.3, -0.25) is 0 Å². The van der Waals surface area contributed by atoms with Gasteiger partial charge in [-0.1, -0.05) is 50.9 Å². The summed E-state index contributed by atoms with van der Waals surface area (Å²) in [5.74, 6) is 1.10. The zero-order chi connectivity index (χ0) is 11.6. The zero-order valence-corrected chi connectivity index (χ0v) is 13.2. The second kappa shape index (κ2) is 10.5. The van der Waals surface area contributed by atoms with Crippen molar-refractivity contribution in [2.45, 2.75) is 52.4 Å². The smallest absolute Gasteiger partial charge is 0.171 e. The van der Waals surface area contributed by atoms with Crippen LogP contribution in [0.3, 0.4) is 0 Å². The molecule has 0 amide bonds. The van der Waals surface area contributed by atoms with Crippen molar-refractivity contribution in [3.63, 3.8) is 0 Å². The van der Waals surface area contributed by atoms with Crippen molar-refractivity contribution < 1.29 is 4.52 Å². The van der Waals surface area contributed by atoms with Crippen molar-refractivity contribution >= 4 is 40.1 Å². The molecule has 15 heavy (non-hydrogen) atoms. The fourth-order valence-electron chi connectivity index (χ4n) is 1.10. The van der Waals surface area contributed by atoms with E-state index in [0.29, 0.717) is 0 Å². The second-order valence-electron chi connectivity index (χ2n) is 3.55. The minimum atomic E-state index is -1.83. The first kappa shape index (κ1) is 16.3. The Labute approximate surface area is 109 Å². The van der Waals surface area contributed by atoms with Gasteiger partial charge >= 0.3 is 0 Å². The standard InChI is InChI=1S/C10H23OPS3/c1-3-5-7-9-11-12(13,14)15-10-8-6-4-2/h3-10H2,1-2H3,(H,13,14). The molecule has 0 saturated carbocycles. The molecule has 0 aliphatic carbocycles. The van der Waals surface area contributed by atoms with E-state index in [9.17, 15) is 0 Å². The summed E-state index contributed by atoms with van der Waals surface area (Å²) in [4.78, 5) is 0. The molecular formula is C10H23OPS3. The molecule has 0 saturated heterocycles. The summed E-state index contributed by atoms with van der Waals surface area (Å²) in [7, 11) is 0. The van der Waals surface area contributed by atoms with Crippen LogP contribution in [0.25, 0.3) is 0 Å². The van der Waals surface area contributed by atoms with Gasteiger partial charge in [-0.15, -0.1) is 12.2 Å². The summed E-state index contributed by atoms with van der Waals surface area (Å²) in [6.45, 7) is 5.19. The van der Waals surface area contributed by atoms with Crippen molar-refractivity contribution in [3.8, 4) is 0 Å². The molecule has 1 atom stereocenters. The van der Waals surface area contributed by atoms with Gasteiger partial charge in [0.05, 0.1) is 6.61 Å². The first-order valence-corrected chi connectivity index (χ1v) is 11.2. The Kier molecular flexibility index (Phi) is 11.4. The topological polar surface area (TPSA) is 9.23 Å². The van der Waals surface area contributed by atoms with Crippen molar-refractivity contribution in [1.29, 1.82) is 0 Å². The minimum Gasteiger partial charge on any atom is -0.334 e. The monoisotopic (exact) mass is 286 g/mol. The van der Waals surface area contributed by atoms with Gasteiger partial charge in [-0.2, -0.15) is 0 Å². The predicted molar refractivity (Wildman–Crippen MR) is 80.7 cm³/mol. The van der Waals surface area contributed by atoms with E-state index in [1.54, 1.807) is 11.4 Å². The molecule has 0 radical (unpaired) electrons. The van der Waals surface area contributed by atoms with Crippen LogP contribution in [-0.4, -0.2) is 12.4 Å². The van der Waals surface area contributed by atoms with Crippen molar-refractivity contribution in [1.82, 2.24) is 0 Å². The van der Waals surface area contributed by atoms with Gasteiger partial charge < -0.3 is 4.52 Å². The van der Waals surface area contributed by atoms with E-state index in [2.05, 4.69) is 26.1 Å². The lowest BCUT2D eigenvalue weighted by Crippen LogP contribution is -1.88. The maximum Gasteiger partial charge on any atom is 0.171 e. The highest BCUT2D eigenvalue weighted by molar-refractivity contribution is 8.95. The summed E-state index contributed by atoms with van der Waals surface area (Å²) >= 11 is 11.6. The number of unbranched alkanes of at least 4 members (excludes halogenated alkanes) is 4. The minimum absolute atomic E-state index is 0.787. The van der Waals surface area contributed by atoms with E-state index < -0.39 is 4.67 Å². The fourth-order valence-corrected chi connectivity index (χ4v) is 5.50. The highest BCUT2D eigenvalue weighted by atomic mass is 33.2. The molecule has 92 valence electrons. The largest absolute Gasteiger partial charge is 0.334 e. The molecule has 0 bridgehead atoms. The zero-order valence-electron chi connectivity index (χ0n) is 9.78. The van der Waals surface area contributed by atoms with Gasteiger partial charge in [0.25, 0.3) is 0 Å². The Morgan fingerprint density at radius 2 is 1.73 bits per heavy atom. The summed E-state index contributed by atoms with van der Waals surface area (Å²) in [5.41, 5.74) is 0. The molecule has 0 heterocycles. The lowest BCUT2D eigenvalue weighted by atomic mass is 10.3. The van der Waals surface area contributed by atoms with Crippen LogP contribution in [-0.2, 0) is 16.3 Å². The predicted octanol–water partition coefficient (Wildman–Crippen LogP) is 5.27. The molecule has 5 heteroatoms. The number of hydrogen-bond acceptors (Lipinski definition) is 3. The molecule has 0 fully saturated rings. The molecule has 1 nitrogen and oxygen atoms in total. The lowest BCUT2D eigenvalue weighted by molar-refractivity contribution is 0.350. The lowest BCUT2D eigenvalue weighted by Gasteiger charge is -2.15. The van der Waals surface area contributed by atoms with Crippen molar-refractivity contribution in [3.05, 3.63) is 0 Å². The molecule has 0 spiro atoms. The molecule has 0 rings (SSSR count). The molecule has 0 aliphatic heterocycles. The van der Waals surface area contributed by atoms with E-state index in [1.807, 2.05) is 0 Å². The van der Waals surface area contributed by atoms with Crippen LogP contribution in [0, 0.1) is 0 Å². The molecule has 0 aromatic heterocycles. The molecule has 0 aliphatic rings. The Morgan fingerprint density at radius 1 is 1.13 bits per heavy atom. The molecule has 1 unspecified atom stereocenters. The molecule has 0 aromatic rings. The summed E-state index contributed by atoms with van der Waals surface area (Å²) in [6.07, 6.45) is 7.34. The first-order valence-electron chi connectivity index (χ1n) is 5.74. The summed E-state index contributed by atoms with van der Waals surface area (Å²) in [5, 5.41) is 0. The molecule has 0 aromatic carbocycles. The van der Waals surface area contributed by atoms with Crippen LogP contribution in [0.2, 0.25) is 0 Å². The van der Waals surface area contributed by atoms with Gasteiger partial charge in [0, 0.05) is 5.75 Å². The Hall–Kier alpha value is 1.31. The van der Waals surface area contributed by atoms with Gasteiger partial charge in [0.2, 0.25) is 0 Å². The number of hydrogen-bond donors (Lipinski definition) is 1. The Bertz CT molecular complexity index is 172. The van der Waals surface area contributed by atoms with Crippen LogP contribution in [0.5, 0.6) is 0 Å². The van der Waals surface area contributed by atoms with Crippen molar-refractivity contribution in [2.24, 2.45) is 0 Å². The Balaban J connectivity index is 3.45. The third kappa shape index (κ3) is 11.6. The van der Waals surface area contributed by atoms with E-state index >= 15 is 0 Å². The number of rotatable bonds is 10. The third-order valence-electron chi connectivity index (χ3n) is 2.00. The van der Waals surface area contributed by atoms with E-state index in [-0.39, 0.29) is 0 Å². The highest BCUT2D eigenvalue weighted by Crippen LogP contribution is 2.64. The maximum absolute atomic E-state index is 5.66. The van der Waals surface area contributed by atoms with Crippen LogP contribution < -0.4 is 0 Å². The third-order valence-corrected chi connectivity index (χ3v) is 7.80. The van der Waals surface area contributed by atoms with Crippen LogP contribution >= 0.6 is 28.3 Å².